The van der Waals surface area contributed by atoms with Crippen molar-refractivity contribution in [2.24, 2.45) is 0 Å². The van der Waals surface area contributed by atoms with Crippen LogP contribution < -0.4 is 5.48 Å². The molecular formula is C18H26N2O5. The first-order valence-corrected chi connectivity index (χ1v) is 8.59. The molecule has 0 bridgehead atoms. The van der Waals surface area contributed by atoms with E-state index < -0.39 is 0 Å². The molecule has 2 rings (SSSR count). The number of hydroxylamine groups is 1. The minimum absolute atomic E-state index is 0.0428. The molecule has 0 aromatic heterocycles. The molecule has 0 radical (unpaired) electrons. The molecule has 1 atom stereocenters. The summed E-state index contributed by atoms with van der Waals surface area (Å²) in [5.41, 5.74) is 3.50. The predicted molar refractivity (Wildman–Crippen MR) is 92.5 cm³/mol. The Morgan fingerprint density at radius 1 is 1.24 bits per heavy atom. The van der Waals surface area contributed by atoms with E-state index in [-0.39, 0.29) is 41.4 Å². The Labute approximate surface area is 147 Å². The first-order valence-electron chi connectivity index (χ1n) is 8.59. The summed E-state index contributed by atoms with van der Waals surface area (Å²) in [4.78, 5) is 30.8. The fourth-order valence-electron chi connectivity index (χ4n) is 3.09. The summed E-state index contributed by atoms with van der Waals surface area (Å²) in [7, 11) is 0. The number of nitrogens with one attached hydrogen (secondary N) is 1. The van der Waals surface area contributed by atoms with Gasteiger partial charge in [-0.15, -0.1) is 0 Å². The number of rotatable bonds is 7. The molecule has 1 aromatic carbocycles. The van der Waals surface area contributed by atoms with E-state index in [4.69, 9.17) is 4.84 Å². The lowest BCUT2D eigenvalue weighted by molar-refractivity contribution is -0.140. The van der Waals surface area contributed by atoms with Crippen LogP contribution in [0.2, 0.25) is 0 Å². The molecule has 0 spiro atoms. The van der Waals surface area contributed by atoms with Crippen molar-refractivity contribution >= 4 is 11.7 Å². The van der Waals surface area contributed by atoms with Gasteiger partial charge in [0.05, 0.1) is 5.56 Å². The van der Waals surface area contributed by atoms with Crippen LogP contribution in [0, 0.1) is 0 Å². The number of carbonyl (C=O) groups excluding carboxylic acids is 2. The summed E-state index contributed by atoms with van der Waals surface area (Å²) < 4.78 is 0. The van der Waals surface area contributed by atoms with Crippen LogP contribution in [-0.2, 0) is 16.1 Å². The van der Waals surface area contributed by atoms with E-state index in [9.17, 15) is 19.8 Å². The summed E-state index contributed by atoms with van der Waals surface area (Å²) in [6.45, 7) is 4.71. The molecule has 1 aliphatic rings. The SMILES string of the molecule is CC(=O)c1c(O)cc(O)cc1CC(C)NOCC(=O)N1CCCCC1. The Morgan fingerprint density at radius 2 is 1.92 bits per heavy atom. The van der Waals surface area contributed by atoms with Gasteiger partial charge >= 0.3 is 0 Å². The number of hydrogen-bond donors (Lipinski definition) is 3. The van der Waals surface area contributed by atoms with Crippen molar-refractivity contribution in [1.29, 1.82) is 0 Å². The molecule has 1 heterocycles. The van der Waals surface area contributed by atoms with E-state index in [1.54, 1.807) is 4.90 Å². The second kappa shape index (κ2) is 8.82. The molecule has 1 fully saturated rings. The summed E-state index contributed by atoms with van der Waals surface area (Å²) in [6, 6.07) is 2.38. The summed E-state index contributed by atoms with van der Waals surface area (Å²) in [5.74, 6) is -0.665. The lowest BCUT2D eigenvalue weighted by Gasteiger charge is -2.26. The smallest absolute Gasteiger partial charge is 0.250 e. The number of phenols is 2. The van der Waals surface area contributed by atoms with Crippen LogP contribution in [0.1, 0.15) is 49.0 Å². The van der Waals surface area contributed by atoms with Crippen LogP contribution in [0.15, 0.2) is 12.1 Å². The van der Waals surface area contributed by atoms with Crippen LogP contribution in [0.3, 0.4) is 0 Å². The highest BCUT2D eigenvalue weighted by Gasteiger charge is 2.18. The average Bonchev–Trinajstić information content (AvgIpc) is 2.54. The molecule has 1 aliphatic heterocycles. The van der Waals surface area contributed by atoms with Gasteiger partial charge in [0.1, 0.15) is 18.1 Å². The van der Waals surface area contributed by atoms with E-state index in [1.165, 1.54) is 13.0 Å². The number of carbonyl (C=O) groups is 2. The van der Waals surface area contributed by atoms with Gasteiger partial charge in [0, 0.05) is 25.2 Å². The summed E-state index contributed by atoms with van der Waals surface area (Å²) in [5, 5.41) is 19.5. The molecule has 1 amide bonds. The van der Waals surface area contributed by atoms with Gasteiger partial charge < -0.3 is 15.1 Å². The molecule has 7 nitrogen and oxygen atoms in total. The topological polar surface area (TPSA) is 99.1 Å². The van der Waals surface area contributed by atoms with E-state index in [0.29, 0.717) is 12.0 Å². The third-order valence-corrected chi connectivity index (χ3v) is 4.25. The van der Waals surface area contributed by atoms with Crippen molar-refractivity contribution in [2.45, 2.75) is 45.6 Å². The van der Waals surface area contributed by atoms with E-state index in [2.05, 4.69) is 5.48 Å². The standard InChI is InChI=1S/C18H26N2O5/c1-12(19-25-11-17(24)20-6-4-3-5-7-20)8-14-9-15(22)10-16(23)18(14)13(2)21/h9-10,12,19,22-23H,3-8,11H2,1-2H3. The summed E-state index contributed by atoms with van der Waals surface area (Å²) in [6.07, 6.45) is 3.58. The fraction of sp³-hybridized carbons (Fsp3) is 0.556. The number of nitrogens with zero attached hydrogens (tertiary/aromatic N) is 1. The van der Waals surface area contributed by atoms with Gasteiger partial charge in [-0.05, 0) is 51.2 Å². The highest BCUT2D eigenvalue weighted by molar-refractivity contribution is 5.98. The minimum Gasteiger partial charge on any atom is -0.508 e. The van der Waals surface area contributed by atoms with Crippen molar-refractivity contribution in [3.05, 3.63) is 23.3 Å². The van der Waals surface area contributed by atoms with Crippen molar-refractivity contribution < 1.29 is 24.6 Å². The first-order chi connectivity index (χ1) is 11.9. The quantitative estimate of drug-likeness (QED) is 0.512. The monoisotopic (exact) mass is 350 g/mol. The lowest BCUT2D eigenvalue weighted by atomic mass is 9.97. The Hall–Kier alpha value is -2.12. The normalized spacial score (nSPS) is 15.8. The van der Waals surface area contributed by atoms with Gasteiger partial charge in [-0.1, -0.05) is 0 Å². The zero-order valence-corrected chi connectivity index (χ0v) is 14.7. The highest BCUT2D eigenvalue weighted by atomic mass is 16.6. The average molecular weight is 350 g/mol. The van der Waals surface area contributed by atoms with E-state index in [0.717, 1.165) is 38.4 Å². The number of piperidine rings is 1. The van der Waals surface area contributed by atoms with Crippen LogP contribution in [0.25, 0.3) is 0 Å². The minimum atomic E-state index is -0.277. The van der Waals surface area contributed by atoms with Gasteiger partial charge in [0.2, 0.25) is 0 Å². The molecular weight excluding hydrogens is 324 g/mol. The van der Waals surface area contributed by atoms with E-state index in [1.807, 2.05) is 6.92 Å². The Kier molecular flexibility index (Phi) is 6.78. The second-order valence-electron chi connectivity index (χ2n) is 6.51. The van der Waals surface area contributed by atoms with Gasteiger partial charge in [-0.3, -0.25) is 14.4 Å². The third kappa shape index (κ3) is 5.44. The number of ketones is 1. The second-order valence-corrected chi connectivity index (χ2v) is 6.51. The molecule has 1 saturated heterocycles. The molecule has 0 saturated carbocycles. The Morgan fingerprint density at radius 3 is 2.56 bits per heavy atom. The van der Waals surface area contributed by atoms with Gasteiger partial charge in [-0.2, -0.15) is 5.48 Å². The van der Waals surface area contributed by atoms with Crippen molar-refractivity contribution in [1.82, 2.24) is 10.4 Å². The number of phenolic OH excluding ortho intramolecular Hbond substituents is 2. The van der Waals surface area contributed by atoms with Crippen molar-refractivity contribution in [2.75, 3.05) is 19.7 Å². The Bertz CT molecular complexity index is 626. The number of hydrogen-bond acceptors (Lipinski definition) is 6. The van der Waals surface area contributed by atoms with Crippen molar-refractivity contribution in [3.8, 4) is 11.5 Å². The predicted octanol–water partition coefficient (Wildman–Crippen LogP) is 1.77. The number of likely N-dealkylation sites (tertiary alicyclic amines) is 1. The molecule has 0 aliphatic carbocycles. The number of amides is 1. The highest BCUT2D eigenvalue weighted by Crippen LogP contribution is 2.28. The maximum atomic E-state index is 12.0. The number of benzene rings is 1. The molecule has 7 heteroatoms. The van der Waals surface area contributed by atoms with Crippen LogP contribution in [0.5, 0.6) is 11.5 Å². The van der Waals surface area contributed by atoms with E-state index >= 15 is 0 Å². The van der Waals surface area contributed by atoms with Crippen LogP contribution in [0.4, 0.5) is 0 Å². The lowest BCUT2D eigenvalue weighted by Crippen LogP contribution is -2.40. The largest absolute Gasteiger partial charge is 0.508 e. The van der Waals surface area contributed by atoms with Crippen LogP contribution in [-0.4, -0.2) is 52.5 Å². The maximum absolute atomic E-state index is 12.0. The van der Waals surface area contributed by atoms with Crippen LogP contribution >= 0.6 is 0 Å². The number of Topliss-reactive ketones (excluding diaryl/α,β-unsaturated/α-hetero) is 1. The molecule has 138 valence electrons. The number of aromatic hydroxyl groups is 2. The van der Waals surface area contributed by atoms with Crippen molar-refractivity contribution in [3.63, 3.8) is 0 Å². The van der Waals surface area contributed by atoms with Gasteiger partial charge in [0.15, 0.2) is 5.78 Å². The van der Waals surface area contributed by atoms with Gasteiger partial charge in [0.25, 0.3) is 5.91 Å². The Balaban J connectivity index is 1.87. The zero-order chi connectivity index (χ0) is 18.4. The zero-order valence-electron chi connectivity index (χ0n) is 14.7. The first kappa shape index (κ1) is 19.2. The molecule has 25 heavy (non-hydrogen) atoms. The van der Waals surface area contributed by atoms with Gasteiger partial charge in [-0.25, -0.2) is 0 Å². The maximum Gasteiger partial charge on any atom is 0.250 e. The fourth-order valence-corrected chi connectivity index (χ4v) is 3.09. The third-order valence-electron chi connectivity index (χ3n) is 4.25. The molecule has 1 unspecified atom stereocenters. The molecule has 1 aromatic rings. The summed E-state index contributed by atoms with van der Waals surface area (Å²) >= 11 is 0. The molecule has 3 N–H and O–H groups in total.